The first kappa shape index (κ1) is 21.8. The van der Waals surface area contributed by atoms with E-state index in [-0.39, 0.29) is 11.8 Å². The minimum Gasteiger partial charge on any atom is -0.493 e. The first-order valence-corrected chi connectivity index (χ1v) is 11.3. The molecule has 1 saturated heterocycles. The van der Waals surface area contributed by atoms with Gasteiger partial charge >= 0.3 is 0 Å². The van der Waals surface area contributed by atoms with Crippen LogP contribution >= 0.6 is 11.3 Å². The lowest BCUT2D eigenvalue weighted by Crippen LogP contribution is -2.28. The van der Waals surface area contributed by atoms with Gasteiger partial charge in [-0.05, 0) is 42.7 Å². The Morgan fingerprint density at radius 1 is 1.09 bits per heavy atom. The molecule has 1 aromatic heterocycles. The number of benzene rings is 2. The van der Waals surface area contributed by atoms with Gasteiger partial charge in [-0.3, -0.25) is 9.59 Å². The number of amides is 2. The number of hydrogen-bond acceptors (Lipinski definition) is 6. The highest BCUT2D eigenvalue weighted by molar-refractivity contribution is 7.13. The summed E-state index contributed by atoms with van der Waals surface area (Å²) < 4.78 is 10.8. The van der Waals surface area contributed by atoms with Gasteiger partial charge in [0, 0.05) is 30.6 Å². The van der Waals surface area contributed by atoms with Gasteiger partial charge in [0.25, 0.3) is 11.8 Å². The van der Waals surface area contributed by atoms with Gasteiger partial charge in [-0.15, -0.1) is 11.3 Å². The van der Waals surface area contributed by atoms with E-state index in [1.165, 1.54) is 11.3 Å². The zero-order valence-electron chi connectivity index (χ0n) is 18.1. The molecule has 7 nitrogen and oxygen atoms in total. The number of thiazole rings is 1. The number of aromatic nitrogens is 1. The number of carbonyl (C=O) groups is 2. The van der Waals surface area contributed by atoms with Crippen LogP contribution in [-0.4, -0.2) is 49.0 Å². The third kappa shape index (κ3) is 4.60. The summed E-state index contributed by atoms with van der Waals surface area (Å²) in [7, 11) is 3.15. The van der Waals surface area contributed by atoms with Crippen molar-refractivity contribution >= 4 is 23.2 Å². The smallest absolute Gasteiger partial charge is 0.271 e. The third-order valence-corrected chi connectivity index (χ3v) is 6.27. The Labute approximate surface area is 191 Å². The molecular formula is C24H25N3O4S. The fourth-order valence-electron chi connectivity index (χ4n) is 3.75. The third-order valence-electron chi connectivity index (χ3n) is 5.39. The van der Waals surface area contributed by atoms with Gasteiger partial charge in [-0.1, -0.05) is 18.2 Å². The van der Waals surface area contributed by atoms with E-state index in [1.54, 1.807) is 19.6 Å². The van der Waals surface area contributed by atoms with E-state index in [0.717, 1.165) is 37.1 Å². The fourth-order valence-corrected chi connectivity index (χ4v) is 4.57. The summed E-state index contributed by atoms with van der Waals surface area (Å²) in [5.74, 6) is 0.961. The molecule has 0 spiro atoms. The minimum atomic E-state index is -0.273. The quantitative estimate of drug-likeness (QED) is 0.587. The Balaban J connectivity index is 1.43. The molecule has 8 heteroatoms. The van der Waals surface area contributed by atoms with Gasteiger partial charge in [0.2, 0.25) is 0 Å². The van der Waals surface area contributed by atoms with Gasteiger partial charge in [-0.25, -0.2) is 4.98 Å². The van der Waals surface area contributed by atoms with Gasteiger partial charge in [0.15, 0.2) is 11.5 Å². The Morgan fingerprint density at radius 2 is 1.88 bits per heavy atom. The van der Waals surface area contributed by atoms with E-state index in [0.29, 0.717) is 34.3 Å². The number of hydrogen-bond donors (Lipinski definition) is 1. The Kier molecular flexibility index (Phi) is 6.70. The van der Waals surface area contributed by atoms with Crippen LogP contribution in [0, 0.1) is 0 Å². The maximum absolute atomic E-state index is 12.7. The molecule has 1 N–H and O–H groups in total. The van der Waals surface area contributed by atoms with Gasteiger partial charge < -0.3 is 19.7 Å². The van der Waals surface area contributed by atoms with E-state index >= 15 is 0 Å². The van der Waals surface area contributed by atoms with Gasteiger partial charge in [-0.2, -0.15) is 0 Å². The molecule has 0 bridgehead atoms. The maximum atomic E-state index is 12.7. The monoisotopic (exact) mass is 451 g/mol. The second-order valence-corrected chi connectivity index (χ2v) is 8.32. The molecule has 0 atom stereocenters. The number of ether oxygens (including phenoxy) is 2. The van der Waals surface area contributed by atoms with E-state index < -0.39 is 0 Å². The predicted molar refractivity (Wildman–Crippen MR) is 123 cm³/mol. The summed E-state index contributed by atoms with van der Waals surface area (Å²) >= 11 is 1.36. The Morgan fingerprint density at radius 3 is 2.62 bits per heavy atom. The summed E-state index contributed by atoms with van der Waals surface area (Å²) in [6.07, 6.45) is 2.11. The number of methoxy groups -OCH3 is 2. The van der Waals surface area contributed by atoms with Crippen molar-refractivity contribution in [2.75, 3.05) is 27.3 Å². The van der Waals surface area contributed by atoms with Crippen molar-refractivity contribution in [3.63, 3.8) is 0 Å². The topological polar surface area (TPSA) is 80.8 Å². The minimum absolute atomic E-state index is 0.0482. The standard InChI is InChI=1S/C24H25N3O4S/c1-30-20-10-6-9-18(21(20)31-2)23-26-19(15-32-23)22(28)25-14-16-7-5-8-17(13-16)24(29)27-11-3-4-12-27/h5-10,13,15H,3-4,11-12,14H2,1-2H3,(H,25,28). The molecule has 1 aliphatic rings. The van der Waals surface area contributed by atoms with Crippen LogP contribution in [0.5, 0.6) is 11.5 Å². The molecule has 32 heavy (non-hydrogen) atoms. The van der Waals surface area contributed by atoms with E-state index in [2.05, 4.69) is 10.3 Å². The number of nitrogens with zero attached hydrogens (tertiary/aromatic N) is 2. The zero-order valence-corrected chi connectivity index (χ0v) is 18.9. The first-order valence-electron chi connectivity index (χ1n) is 10.4. The number of rotatable bonds is 7. The molecule has 0 unspecified atom stereocenters. The van der Waals surface area contributed by atoms with Crippen molar-refractivity contribution in [1.29, 1.82) is 0 Å². The molecule has 0 aliphatic carbocycles. The van der Waals surface area contributed by atoms with Crippen LogP contribution in [-0.2, 0) is 6.54 Å². The van der Waals surface area contributed by atoms with Crippen LogP contribution in [0.25, 0.3) is 10.6 Å². The van der Waals surface area contributed by atoms with Crippen LogP contribution in [0.4, 0.5) is 0 Å². The molecule has 4 rings (SSSR count). The fraction of sp³-hybridized carbons (Fsp3) is 0.292. The molecule has 2 aromatic carbocycles. The summed E-state index contributed by atoms with van der Waals surface area (Å²) in [4.78, 5) is 31.6. The Hall–Kier alpha value is -3.39. The van der Waals surface area contributed by atoms with Crippen LogP contribution in [0.1, 0.15) is 39.3 Å². The molecular weight excluding hydrogens is 426 g/mol. The SMILES string of the molecule is COc1cccc(-c2nc(C(=O)NCc3cccc(C(=O)N4CCCC4)c3)cs2)c1OC. The Bertz CT molecular complexity index is 1120. The molecule has 0 radical (unpaired) electrons. The summed E-state index contributed by atoms with van der Waals surface area (Å²) in [6.45, 7) is 1.93. The van der Waals surface area contributed by atoms with Crippen LogP contribution in [0.15, 0.2) is 47.8 Å². The van der Waals surface area contributed by atoms with Crippen molar-refractivity contribution < 1.29 is 19.1 Å². The average Bonchev–Trinajstić information content (AvgIpc) is 3.54. The lowest BCUT2D eigenvalue weighted by atomic mass is 10.1. The van der Waals surface area contributed by atoms with Crippen LogP contribution in [0.3, 0.4) is 0 Å². The first-order chi connectivity index (χ1) is 15.6. The highest BCUT2D eigenvalue weighted by atomic mass is 32.1. The summed E-state index contributed by atoms with van der Waals surface area (Å²) in [6, 6.07) is 13.0. The molecule has 0 saturated carbocycles. The van der Waals surface area contributed by atoms with Crippen molar-refractivity contribution in [2.24, 2.45) is 0 Å². The molecule has 166 valence electrons. The van der Waals surface area contributed by atoms with Crippen molar-refractivity contribution in [3.8, 4) is 22.1 Å². The predicted octanol–water partition coefficient (Wildman–Crippen LogP) is 3.99. The number of likely N-dealkylation sites (tertiary alicyclic amines) is 1. The summed E-state index contributed by atoms with van der Waals surface area (Å²) in [5, 5.41) is 5.28. The second-order valence-electron chi connectivity index (χ2n) is 7.46. The highest BCUT2D eigenvalue weighted by Gasteiger charge is 2.20. The van der Waals surface area contributed by atoms with E-state index in [9.17, 15) is 9.59 Å². The van der Waals surface area contributed by atoms with Crippen molar-refractivity contribution in [1.82, 2.24) is 15.2 Å². The molecule has 1 fully saturated rings. The lowest BCUT2D eigenvalue weighted by Gasteiger charge is -2.15. The van der Waals surface area contributed by atoms with E-state index in [4.69, 9.17) is 9.47 Å². The van der Waals surface area contributed by atoms with Gasteiger partial charge in [0.05, 0.1) is 19.8 Å². The number of nitrogens with one attached hydrogen (secondary N) is 1. The zero-order chi connectivity index (χ0) is 22.5. The second kappa shape index (κ2) is 9.82. The summed E-state index contributed by atoms with van der Waals surface area (Å²) in [5.41, 5.74) is 2.62. The largest absolute Gasteiger partial charge is 0.493 e. The van der Waals surface area contributed by atoms with Gasteiger partial charge in [0.1, 0.15) is 10.7 Å². The lowest BCUT2D eigenvalue weighted by molar-refractivity contribution is 0.0792. The van der Waals surface area contributed by atoms with Crippen molar-refractivity contribution in [3.05, 3.63) is 64.7 Å². The number of carbonyl (C=O) groups excluding carboxylic acids is 2. The molecule has 1 aliphatic heterocycles. The van der Waals surface area contributed by atoms with Crippen LogP contribution in [0.2, 0.25) is 0 Å². The normalized spacial score (nSPS) is 13.1. The van der Waals surface area contributed by atoms with Crippen molar-refractivity contribution in [2.45, 2.75) is 19.4 Å². The maximum Gasteiger partial charge on any atom is 0.271 e. The van der Waals surface area contributed by atoms with Crippen LogP contribution < -0.4 is 14.8 Å². The van der Waals surface area contributed by atoms with E-state index in [1.807, 2.05) is 47.4 Å². The molecule has 3 aromatic rings. The average molecular weight is 452 g/mol. The number of para-hydroxylation sites is 1. The molecule has 2 amide bonds. The highest BCUT2D eigenvalue weighted by Crippen LogP contribution is 2.38. The molecule has 2 heterocycles.